The van der Waals surface area contributed by atoms with Crippen molar-refractivity contribution in [3.05, 3.63) is 54.1 Å². The van der Waals surface area contributed by atoms with E-state index in [4.69, 9.17) is 10.5 Å². The lowest BCUT2D eigenvalue weighted by Crippen LogP contribution is -2.23. The molecule has 2 aromatic rings. The van der Waals surface area contributed by atoms with Crippen molar-refractivity contribution in [2.45, 2.75) is 19.2 Å². The first kappa shape index (κ1) is 19.4. The molecule has 0 spiro atoms. The van der Waals surface area contributed by atoms with Crippen molar-refractivity contribution >= 4 is 11.6 Å². The Labute approximate surface area is 149 Å². The van der Waals surface area contributed by atoms with Gasteiger partial charge < -0.3 is 20.5 Å². The van der Waals surface area contributed by atoms with Crippen LogP contribution in [0.1, 0.15) is 12.0 Å². The van der Waals surface area contributed by atoms with Gasteiger partial charge in [-0.2, -0.15) is 0 Å². The SMILES string of the molecule is COc1cccc(CCCN=C(N)Nc2ccc(OC(F)(F)F)cc2)c1. The number of aliphatic imine (C=N–C) groups is 1. The Morgan fingerprint density at radius 1 is 1.12 bits per heavy atom. The number of hydrogen-bond donors (Lipinski definition) is 2. The highest BCUT2D eigenvalue weighted by atomic mass is 19.4. The lowest BCUT2D eigenvalue weighted by Gasteiger charge is -2.10. The Kier molecular flexibility index (Phi) is 6.71. The average Bonchev–Trinajstić information content (AvgIpc) is 2.59. The maximum Gasteiger partial charge on any atom is 0.573 e. The van der Waals surface area contributed by atoms with E-state index < -0.39 is 6.36 Å². The fourth-order valence-electron chi connectivity index (χ4n) is 2.24. The number of ether oxygens (including phenoxy) is 2. The summed E-state index contributed by atoms with van der Waals surface area (Å²) in [6.45, 7) is 0.519. The predicted molar refractivity (Wildman–Crippen MR) is 94.6 cm³/mol. The van der Waals surface area contributed by atoms with E-state index in [0.29, 0.717) is 12.2 Å². The van der Waals surface area contributed by atoms with Gasteiger partial charge in [0.2, 0.25) is 0 Å². The molecule has 26 heavy (non-hydrogen) atoms. The first-order chi connectivity index (χ1) is 12.4. The molecule has 0 saturated carbocycles. The number of aryl methyl sites for hydroxylation is 1. The second-order valence-corrected chi connectivity index (χ2v) is 5.42. The second-order valence-electron chi connectivity index (χ2n) is 5.42. The molecule has 5 nitrogen and oxygen atoms in total. The summed E-state index contributed by atoms with van der Waals surface area (Å²) in [6.07, 6.45) is -3.08. The van der Waals surface area contributed by atoms with Gasteiger partial charge in [0.25, 0.3) is 0 Å². The zero-order chi connectivity index (χ0) is 19.0. The molecule has 0 aliphatic carbocycles. The normalized spacial score (nSPS) is 11.9. The summed E-state index contributed by atoms with van der Waals surface area (Å²) < 4.78 is 45.3. The van der Waals surface area contributed by atoms with Crippen molar-refractivity contribution < 1.29 is 22.6 Å². The Bertz CT molecular complexity index is 731. The van der Waals surface area contributed by atoms with Gasteiger partial charge in [0.1, 0.15) is 11.5 Å². The number of rotatable bonds is 7. The molecule has 8 heteroatoms. The molecule has 0 heterocycles. The first-order valence-corrected chi connectivity index (χ1v) is 7.91. The minimum atomic E-state index is -4.71. The molecular weight excluding hydrogens is 347 g/mol. The Morgan fingerprint density at radius 3 is 2.50 bits per heavy atom. The van der Waals surface area contributed by atoms with Crippen molar-refractivity contribution in [1.29, 1.82) is 0 Å². The maximum absolute atomic E-state index is 12.1. The number of hydrogen-bond acceptors (Lipinski definition) is 3. The summed E-state index contributed by atoms with van der Waals surface area (Å²) in [7, 11) is 1.62. The van der Waals surface area contributed by atoms with Gasteiger partial charge in [-0.1, -0.05) is 12.1 Å². The standard InChI is InChI=1S/C18H20F3N3O2/c1-25-16-6-2-4-13(12-16)5-3-11-23-17(22)24-14-7-9-15(10-8-14)26-18(19,20)21/h2,4,6-10,12H,3,5,11H2,1H3,(H3,22,23,24). The van der Waals surface area contributed by atoms with Crippen LogP contribution >= 0.6 is 0 Å². The summed E-state index contributed by atoms with van der Waals surface area (Å²) in [4.78, 5) is 4.20. The zero-order valence-electron chi connectivity index (χ0n) is 14.2. The van der Waals surface area contributed by atoms with E-state index >= 15 is 0 Å². The van der Waals surface area contributed by atoms with Crippen molar-refractivity contribution in [3.8, 4) is 11.5 Å². The van der Waals surface area contributed by atoms with E-state index in [1.54, 1.807) is 7.11 Å². The van der Waals surface area contributed by atoms with Gasteiger partial charge in [0, 0.05) is 12.2 Å². The molecular formula is C18H20F3N3O2. The molecule has 0 amide bonds. The molecule has 0 atom stereocenters. The molecule has 2 aromatic carbocycles. The van der Waals surface area contributed by atoms with Crippen LogP contribution in [0.4, 0.5) is 18.9 Å². The molecule has 0 unspecified atom stereocenters. The third kappa shape index (κ3) is 6.92. The van der Waals surface area contributed by atoms with Crippen molar-refractivity contribution in [3.63, 3.8) is 0 Å². The van der Waals surface area contributed by atoms with Gasteiger partial charge in [0.05, 0.1) is 7.11 Å². The van der Waals surface area contributed by atoms with E-state index in [9.17, 15) is 13.2 Å². The quantitative estimate of drug-likeness (QED) is 0.442. The molecule has 0 aromatic heterocycles. The Hall–Kier alpha value is -2.90. The Morgan fingerprint density at radius 2 is 1.85 bits per heavy atom. The summed E-state index contributed by atoms with van der Waals surface area (Å²) in [5, 5.41) is 2.82. The van der Waals surface area contributed by atoms with Crippen LogP contribution in [0.2, 0.25) is 0 Å². The Balaban J connectivity index is 1.78. The third-order valence-corrected chi connectivity index (χ3v) is 3.40. The molecule has 2 rings (SSSR count). The first-order valence-electron chi connectivity index (χ1n) is 7.91. The fraction of sp³-hybridized carbons (Fsp3) is 0.278. The van der Waals surface area contributed by atoms with E-state index in [-0.39, 0.29) is 11.7 Å². The number of nitrogens with two attached hydrogens (primary N) is 1. The zero-order valence-corrected chi connectivity index (χ0v) is 14.2. The molecule has 0 fully saturated rings. The van der Waals surface area contributed by atoms with Crippen LogP contribution in [-0.4, -0.2) is 26.0 Å². The number of nitrogens with one attached hydrogen (secondary N) is 1. The average molecular weight is 367 g/mol. The molecule has 0 radical (unpaired) electrons. The van der Waals surface area contributed by atoms with Gasteiger partial charge in [-0.05, 0) is 54.8 Å². The number of nitrogens with zero attached hydrogens (tertiary/aromatic N) is 1. The molecule has 3 N–H and O–H groups in total. The number of benzene rings is 2. The van der Waals surface area contributed by atoms with E-state index in [1.165, 1.54) is 24.3 Å². The summed E-state index contributed by atoms with van der Waals surface area (Å²) >= 11 is 0. The fourth-order valence-corrected chi connectivity index (χ4v) is 2.24. The van der Waals surface area contributed by atoms with Gasteiger partial charge >= 0.3 is 6.36 Å². The highest BCUT2D eigenvalue weighted by molar-refractivity contribution is 5.92. The van der Waals surface area contributed by atoms with Gasteiger partial charge in [-0.3, -0.25) is 4.99 Å². The van der Waals surface area contributed by atoms with E-state index in [1.807, 2.05) is 24.3 Å². The largest absolute Gasteiger partial charge is 0.573 e. The minimum Gasteiger partial charge on any atom is -0.497 e. The van der Waals surface area contributed by atoms with E-state index in [0.717, 1.165) is 24.2 Å². The molecule has 0 aliphatic heterocycles. The molecule has 0 aliphatic rings. The molecule has 0 saturated heterocycles. The summed E-state index contributed by atoms with van der Waals surface area (Å²) in [6, 6.07) is 13.1. The van der Waals surface area contributed by atoms with Gasteiger partial charge in [-0.25, -0.2) is 0 Å². The number of guanidine groups is 1. The van der Waals surface area contributed by atoms with Gasteiger partial charge in [0.15, 0.2) is 5.96 Å². The highest BCUT2D eigenvalue weighted by Crippen LogP contribution is 2.23. The summed E-state index contributed by atoms with van der Waals surface area (Å²) in [5.41, 5.74) is 7.44. The van der Waals surface area contributed by atoms with Crippen molar-refractivity contribution in [2.24, 2.45) is 10.7 Å². The third-order valence-electron chi connectivity index (χ3n) is 3.40. The van der Waals surface area contributed by atoms with Crippen LogP contribution in [0, 0.1) is 0 Å². The van der Waals surface area contributed by atoms with Crippen LogP contribution in [0.3, 0.4) is 0 Å². The van der Waals surface area contributed by atoms with E-state index in [2.05, 4.69) is 15.0 Å². The van der Waals surface area contributed by atoms with Crippen LogP contribution in [0.15, 0.2) is 53.5 Å². The topological polar surface area (TPSA) is 68.9 Å². The molecule has 0 bridgehead atoms. The van der Waals surface area contributed by atoms with Crippen LogP contribution in [0.5, 0.6) is 11.5 Å². The highest BCUT2D eigenvalue weighted by Gasteiger charge is 2.30. The lowest BCUT2D eigenvalue weighted by molar-refractivity contribution is -0.274. The smallest absolute Gasteiger partial charge is 0.497 e. The summed E-state index contributed by atoms with van der Waals surface area (Å²) in [5.74, 6) is 0.710. The second kappa shape index (κ2) is 8.98. The number of halogens is 3. The van der Waals surface area contributed by atoms with Gasteiger partial charge in [-0.15, -0.1) is 13.2 Å². The van der Waals surface area contributed by atoms with Crippen LogP contribution in [0.25, 0.3) is 0 Å². The monoisotopic (exact) mass is 367 g/mol. The molecule has 140 valence electrons. The van der Waals surface area contributed by atoms with Crippen LogP contribution < -0.4 is 20.5 Å². The number of methoxy groups -OCH3 is 1. The maximum atomic E-state index is 12.1. The number of anilines is 1. The minimum absolute atomic E-state index is 0.195. The van der Waals surface area contributed by atoms with Crippen LogP contribution in [-0.2, 0) is 6.42 Å². The number of alkyl halides is 3. The predicted octanol–water partition coefficient (Wildman–Crippen LogP) is 3.95. The van der Waals surface area contributed by atoms with Crippen molar-refractivity contribution in [1.82, 2.24) is 0 Å². The lowest BCUT2D eigenvalue weighted by atomic mass is 10.1. The van der Waals surface area contributed by atoms with Crippen molar-refractivity contribution in [2.75, 3.05) is 19.0 Å².